The fourth-order valence-electron chi connectivity index (χ4n) is 4.00. The number of benzene rings is 1. The summed E-state index contributed by atoms with van der Waals surface area (Å²) in [4.78, 5) is 3.17. The van der Waals surface area contributed by atoms with E-state index in [4.69, 9.17) is 0 Å². The predicted molar refractivity (Wildman–Crippen MR) is 109 cm³/mol. The van der Waals surface area contributed by atoms with E-state index in [2.05, 4.69) is 15.3 Å². The van der Waals surface area contributed by atoms with Crippen LogP contribution in [0.4, 0.5) is 13.2 Å². The zero-order valence-corrected chi connectivity index (χ0v) is 18.3. The van der Waals surface area contributed by atoms with Gasteiger partial charge in [-0.1, -0.05) is 0 Å². The Labute approximate surface area is 180 Å². The second kappa shape index (κ2) is 8.32. The van der Waals surface area contributed by atoms with Gasteiger partial charge in [-0.15, -0.1) is 5.10 Å². The van der Waals surface area contributed by atoms with E-state index in [-0.39, 0.29) is 12.6 Å². The van der Waals surface area contributed by atoms with Gasteiger partial charge in [-0.05, 0) is 30.2 Å². The molecule has 168 valence electrons. The number of hydrogen-bond acceptors (Lipinski definition) is 5. The molecule has 1 aliphatic heterocycles. The standard InChI is InChI=1S/C19H24F3N7OS/c1-13-8-16-14(10-23-26(16)2)9-15(13)17-12-29(31(30)18-11-24-27(3)25-18)7-6-28(17)5-4-19(20,21)22/h8-11,17H,4-7,12H2,1-3H3. The van der Waals surface area contributed by atoms with Gasteiger partial charge in [0.1, 0.15) is 11.0 Å². The van der Waals surface area contributed by atoms with Crippen molar-refractivity contribution in [1.29, 1.82) is 0 Å². The third-order valence-electron chi connectivity index (χ3n) is 5.62. The van der Waals surface area contributed by atoms with Crippen LogP contribution >= 0.6 is 0 Å². The molecule has 8 nitrogen and oxygen atoms in total. The SMILES string of the molecule is Cc1cc2c(cnn2C)cc1C1CN(S(=O)c2cnn(C)n2)CCN1CCC(F)(F)F. The summed E-state index contributed by atoms with van der Waals surface area (Å²) < 4.78 is 55.4. The average molecular weight is 456 g/mol. The molecule has 0 N–H and O–H groups in total. The van der Waals surface area contributed by atoms with Crippen molar-refractivity contribution in [2.45, 2.75) is 30.6 Å². The molecule has 12 heteroatoms. The van der Waals surface area contributed by atoms with Crippen molar-refractivity contribution in [1.82, 2.24) is 34.0 Å². The monoisotopic (exact) mass is 455 g/mol. The van der Waals surface area contributed by atoms with Crippen LogP contribution in [-0.4, -0.2) is 70.5 Å². The molecule has 0 radical (unpaired) electrons. The summed E-state index contributed by atoms with van der Waals surface area (Å²) in [6.07, 6.45) is -1.91. The minimum atomic E-state index is -4.23. The van der Waals surface area contributed by atoms with Crippen LogP contribution in [-0.2, 0) is 25.1 Å². The van der Waals surface area contributed by atoms with Crippen LogP contribution in [0.2, 0.25) is 0 Å². The lowest BCUT2D eigenvalue weighted by molar-refractivity contribution is -0.140. The highest BCUT2D eigenvalue weighted by Gasteiger charge is 2.36. The Morgan fingerprint density at radius 1 is 1.16 bits per heavy atom. The highest BCUT2D eigenvalue weighted by atomic mass is 32.2. The molecule has 0 spiro atoms. The molecule has 4 rings (SSSR count). The lowest BCUT2D eigenvalue weighted by Crippen LogP contribution is -2.49. The molecule has 1 aromatic carbocycles. The van der Waals surface area contributed by atoms with Crippen LogP contribution in [0.1, 0.15) is 23.6 Å². The van der Waals surface area contributed by atoms with Crippen LogP contribution in [0.5, 0.6) is 0 Å². The molecule has 31 heavy (non-hydrogen) atoms. The molecule has 2 atom stereocenters. The van der Waals surface area contributed by atoms with Gasteiger partial charge in [-0.2, -0.15) is 28.2 Å². The lowest BCUT2D eigenvalue weighted by Gasteiger charge is -2.41. The number of aryl methyl sites for hydroxylation is 3. The molecule has 3 aromatic rings. The fraction of sp³-hybridized carbons (Fsp3) is 0.526. The quantitative estimate of drug-likeness (QED) is 0.591. The maximum Gasteiger partial charge on any atom is 0.390 e. The second-order valence-corrected chi connectivity index (χ2v) is 9.20. The number of hydrogen-bond donors (Lipinski definition) is 0. The van der Waals surface area contributed by atoms with Crippen LogP contribution in [0.3, 0.4) is 0 Å². The first-order valence-corrected chi connectivity index (χ1v) is 11.0. The summed E-state index contributed by atoms with van der Waals surface area (Å²) >= 11 is 0. The van der Waals surface area contributed by atoms with Gasteiger partial charge in [0, 0.05) is 51.7 Å². The van der Waals surface area contributed by atoms with E-state index in [0.717, 1.165) is 22.0 Å². The normalized spacial score (nSPS) is 19.9. The van der Waals surface area contributed by atoms with Gasteiger partial charge in [0.15, 0.2) is 5.03 Å². The first kappa shape index (κ1) is 21.9. The Morgan fingerprint density at radius 3 is 2.61 bits per heavy atom. The van der Waals surface area contributed by atoms with Gasteiger partial charge < -0.3 is 0 Å². The van der Waals surface area contributed by atoms with Gasteiger partial charge in [0.25, 0.3) is 0 Å². The van der Waals surface area contributed by atoms with Gasteiger partial charge in [0.2, 0.25) is 0 Å². The van der Waals surface area contributed by atoms with E-state index >= 15 is 0 Å². The Bertz CT molecular complexity index is 1110. The fourth-order valence-corrected chi connectivity index (χ4v) is 5.11. The van der Waals surface area contributed by atoms with E-state index in [1.807, 2.05) is 31.0 Å². The van der Waals surface area contributed by atoms with E-state index in [9.17, 15) is 17.4 Å². The number of alkyl halides is 3. The summed E-state index contributed by atoms with van der Waals surface area (Å²) in [5.74, 6) is 0. The Hall–Kier alpha value is -2.31. The van der Waals surface area contributed by atoms with Crippen molar-refractivity contribution in [3.63, 3.8) is 0 Å². The number of nitrogens with zero attached hydrogens (tertiary/aromatic N) is 7. The summed E-state index contributed by atoms with van der Waals surface area (Å²) in [5, 5.41) is 13.6. The van der Waals surface area contributed by atoms with Crippen LogP contribution in [0, 0.1) is 6.92 Å². The maximum atomic E-state index is 13.0. The smallest absolute Gasteiger partial charge is 0.293 e. The molecule has 0 aliphatic carbocycles. The van der Waals surface area contributed by atoms with E-state index in [1.54, 1.807) is 22.2 Å². The van der Waals surface area contributed by atoms with E-state index < -0.39 is 23.6 Å². The summed E-state index contributed by atoms with van der Waals surface area (Å²) in [6, 6.07) is 3.65. The van der Waals surface area contributed by atoms with Crippen LogP contribution in [0.25, 0.3) is 10.9 Å². The second-order valence-electron chi connectivity index (χ2n) is 7.76. The topological polar surface area (TPSA) is 72.1 Å². The van der Waals surface area contributed by atoms with E-state index in [0.29, 0.717) is 24.7 Å². The molecule has 2 aromatic heterocycles. The highest BCUT2D eigenvalue weighted by molar-refractivity contribution is 7.82. The zero-order valence-electron chi connectivity index (χ0n) is 17.5. The first-order valence-electron chi connectivity index (χ1n) is 9.88. The van der Waals surface area contributed by atoms with Crippen molar-refractivity contribution >= 4 is 21.9 Å². The molecule has 0 bridgehead atoms. The zero-order chi connectivity index (χ0) is 22.3. The average Bonchev–Trinajstić information content (AvgIpc) is 3.30. The molecule has 1 aliphatic rings. The number of aromatic nitrogens is 5. The highest BCUT2D eigenvalue weighted by Crippen LogP contribution is 2.33. The van der Waals surface area contributed by atoms with Gasteiger partial charge in [0.05, 0.1) is 24.3 Å². The molecular formula is C19H24F3N7OS. The number of piperazine rings is 1. The first-order chi connectivity index (χ1) is 14.6. The van der Waals surface area contributed by atoms with Crippen molar-refractivity contribution in [2.24, 2.45) is 14.1 Å². The Balaban J connectivity index is 1.66. The summed E-state index contributed by atoms with van der Waals surface area (Å²) in [7, 11) is 1.96. The molecule has 2 unspecified atom stereocenters. The molecule has 3 heterocycles. The number of rotatable bonds is 5. The molecule has 1 saturated heterocycles. The van der Waals surface area contributed by atoms with Gasteiger partial charge in [-0.3, -0.25) is 9.58 Å². The van der Waals surface area contributed by atoms with E-state index in [1.165, 1.54) is 11.0 Å². The minimum Gasteiger partial charge on any atom is -0.293 e. The Morgan fingerprint density at radius 2 is 1.94 bits per heavy atom. The van der Waals surface area contributed by atoms with Crippen molar-refractivity contribution in [2.75, 3.05) is 26.2 Å². The number of halogens is 3. The van der Waals surface area contributed by atoms with Crippen LogP contribution < -0.4 is 0 Å². The lowest BCUT2D eigenvalue weighted by atomic mass is 9.96. The maximum absolute atomic E-state index is 13.0. The molecule has 1 fully saturated rings. The number of fused-ring (bicyclic) bond motifs is 1. The summed E-state index contributed by atoms with van der Waals surface area (Å²) in [6.45, 7) is 2.92. The molecule has 0 amide bonds. The molecule has 0 saturated carbocycles. The van der Waals surface area contributed by atoms with Gasteiger partial charge >= 0.3 is 6.18 Å². The minimum absolute atomic E-state index is 0.107. The third kappa shape index (κ3) is 4.65. The largest absolute Gasteiger partial charge is 0.390 e. The Kier molecular flexibility index (Phi) is 5.88. The van der Waals surface area contributed by atoms with Crippen LogP contribution in [0.15, 0.2) is 29.6 Å². The third-order valence-corrected chi connectivity index (χ3v) is 6.97. The van der Waals surface area contributed by atoms with Gasteiger partial charge in [-0.25, -0.2) is 8.51 Å². The molecular weight excluding hydrogens is 431 g/mol. The van der Waals surface area contributed by atoms with Crippen molar-refractivity contribution in [3.05, 3.63) is 35.7 Å². The predicted octanol–water partition coefficient (Wildman–Crippen LogP) is 2.34. The van der Waals surface area contributed by atoms with Crippen molar-refractivity contribution in [3.8, 4) is 0 Å². The van der Waals surface area contributed by atoms with Crippen molar-refractivity contribution < 1.29 is 17.4 Å². The summed E-state index contributed by atoms with van der Waals surface area (Å²) in [5.41, 5.74) is 2.84.